The summed E-state index contributed by atoms with van der Waals surface area (Å²) in [5.41, 5.74) is -3.56. The largest absolute Gasteiger partial charge is 0.491 e. The Hall–Kier alpha value is -3.11. The topological polar surface area (TPSA) is 92.2 Å². The number of halogens is 3. The summed E-state index contributed by atoms with van der Waals surface area (Å²) in [6, 6.07) is 3.10. The third-order valence-corrected chi connectivity index (χ3v) is 3.51. The predicted octanol–water partition coefficient (Wildman–Crippen LogP) is 1.49. The molecule has 0 aliphatic carbocycles. The molecule has 3 aromatic rings. The maximum Gasteiger partial charge on any atom is 0.431 e. The molecule has 0 spiro atoms. The van der Waals surface area contributed by atoms with E-state index in [2.05, 4.69) is 14.9 Å². The summed E-state index contributed by atoms with van der Waals surface area (Å²) in [5, 5.41) is 7.27. The predicted molar refractivity (Wildman–Crippen MR) is 78.8 cm³/mol. The van der Waals surface area contributed by atoms with Crippen LogP contribution in [0.4, 0.5) is 13.2 Å². The minimum atomic E-state index is -4.84. The third kappa shape index (κ3) is 2.66. The number of rotatable bonds is 3. The zero-order valence-electron chi connectivity index (χ0n) is 13.0. The molecule has 0 aliphatic rings. The molecular weight excluding hydrogens is 345 g/mol. The Balaban J connectivity index is 2.32. The summed E-state index contributed by atoms with van der Waals surface area (Å²) in [5.74, 6) is 0.305. The number of fused-ring (bicyclic) bond motifs is 1. The lowest BCUT2D eigenvalue weighted by atomic mass is 10.2. The first-order valence-corrected chi connectivity index (χ1v) is 7.04. The lowest BCUT2D eigenvalue weighted by molar-refractivity contribution is -0.144. The quantitative estimate of drug-likeness (QED) is 0.706. The van der Waals surface area contributed by atoms with Crippen LogP contribution in [-0.2, 0) is 13.2 Å². The highest BCUT2D eigenvalue weighted by Gasteiger charge is 2.35. The average molecular weight is 356 g/mol. The SMILES string of the molecule is CCOc1ccc(-n2c(=O)cc(C(F)(F)F)n(C)c2=O)c2nonc12. The molecule has 0 unspecified atom stereocenters. The highest BCUT2D eigenvalue weighted by atomic mass is 19.4. The van der Waals surface area contributed by atoms with Crippen molar-refractivity contribution in [1.29, 1.82) is 0 Å². The third-order valence-electron chi connectivity index (χ3n) is 3.51. The van der Waals surface area contributed by atoms with Gasteiger partial charge in [0.15, 0.2) is 16.8 Å². The molecule has 0 saturated heterocycles. The molecule has 8 nitrogen and oxygen atoms in total. The van der Waals surface area contributed by atoms with Gasteiger partial charge >= 0.3 is 11.9 Å². The van der Waals surface area contributed by atoms with Crippen molar-refractivity contribution in [3.05, 3.63) is 44.7 Å². The fourth-order valence-electron chi connectivity index (χ4n) is 2.40. The van der Waals surface area contributed by atoms with Crippen LogP contribution in [0.3, 0.4) is 0 Å². The van der Waals surface area contributed by atoms with Crippen LogP contribution < -0.4 is 16.0 Å². The number of hydrogen-bond acceptors (Lipinski definition) is 6. The number of hydrogen-bond donors (Lipinski definition) is 0. The van der Waals surface area contributed by atoms with Gasteiger partial charge in [-0.05, 0) is 29.4 Å². The molecule has 2 aromatic heterocycles. The maximum absolute atomic E-state index is 12.9. The molecule has 25 heavy (non-hydrogen) atoms. The van der Waals surface area contributed by atoms with Crippen molar-refractivity contribution in [3.8, 4) is 11.4 Å². The fourth-order valence-corrected chi connectivity index (χ4v) is 2.40. The van der Waals surface area contributed by atoms with Crippen molar-refractivity contribution in [2.45, 2.75) is 13.1 Å². The van der Waals surface area contributed by atoms with Crippen molar-refractivity contribution < 1.29 is 22.5 Å². The molecule has 11 heteroatoms. The van der Waals surface area contributed by atoms with Gasteiger partial charge < -0.3 is 4.74 Å². The van der Waals surface area contributed by atoms with Crippen LogP contribution in [0, 0.1) is 0 Å². The lowest BCUT2D eigenvalue weighted by Gasteiger charge is -2.14. The van der Waals surface area contributed by atoms with E-state index in [1.54, 1.807) is 6.92 Å². The van der Waals surface area contributed by atoms with Gasteiger partial charge in [0.05, 0.1) is 12.3 Å². The first-order valence-electron chi connectivity index (χ1n) is 7.04. The summed E-state index contributed by atoms with van der Waals surface area (Å²) in [7, 11) is 0.925. The van der Waals surface area contributed by atoms with Gasteiger partial charge in [0, 0.05) is 13.1 Å². The Kier molecular flexibility index (Phi) is 3.85. The summed E-state index contributed by atoms with van der Waals surface area (Å²) in [4.78, 5) is 24.5. The van der Waals surface area contributed by atoms with Gasteiger partial charge in [-0.15, -0.1) is 0 Å². The second-order valence-corrected chi connectivity index (χ2v) is 5.02. The van der Waals surface area contributed by atoms with Gasteiger partial charge in [-0.2, -0.15) is 13.2 Å². The van der Waals surface area contributed by atoms with Gasteiger partial charge in [-0.1, -0.05) is 0 Å². The van der Waals surface area contributed by atoms with Crippen molar-refractivity contribution in [3.63, 3.8) is 0 Å². The standard InChI is InChI=1S/C14H11F3N4O4/c1-3-24-8-5-4-7(11-12(8)19-25-18-11)21-10(22)6-9(14(15,16)17)20(2)13(21)23/h4-6H,3H2,1-2H3. The van der Waals surface area contributed by atoms with E-state index in [-0.39, 0.29) is 16.7 Å². The van der Waals surface area contributed by atoms with Crippen molar-refractivity contribution in [2.75, 3.05) is 6.61 Å². The zero-order chi connectivity index (χ0) is 18.4. The van der Waals surface area contributed by atoms with Crippen LogP contribution in [-0.4, -0.2) is 26.1 Å². The maximum atomic E-state index is 12.9. The minimum absolute atomic E-state index is 0.0184. The fraction of sp³-hybridized carbons (Fsp3) is 0.286. The molecule has 0 radical (unpaired) electrons. The van der Waals surface area contributed by atoms with E-state index < -0.39 is 23.1 Å². The zero-order valence-corrected chi connectivity index (χ0v) is 13.0. The van der Waals surface area contributed by atoms with E-state index in [1.165, 1.54) is 12.1 Å². The van der Waals surface area contributed by atoms with E-state index in [0.29, 0.717) is 27.6 Å². The van der Waals surface area contributed by atoms with Crippen LogP contribution in [0.5, 0.6) is 5.75 Å². The Morgan fingerprint density at radius 1 is 1.20 bits per heavy atom. The molecule has 0 saturated carbocycles. The molecule has 1 aromatic carbocycles. The van der Waals surface area contributed by atoms with E-state index >= 15 is 0 Å². The molecule has 0 amide bonds. The molecule has 3 rings (SSSR count). The van der Waals surface area contributed by atoms with Crippen LogP contribution in [0.1, 0.15) is 12.6 Å². The summed E-state index contributed by atoms with van der Waals surface area (Å²) < 4.78 is 49.6. The van der Waals surface area contributed by atoms with Gasteiger partial charge in [-0.25, -0.2) is 14.0 Å². The first-order chi connectivity index (χ1) is 11.8. The number of nitrogens with zero attached hydrogens (tertiary/aromatic N) is 4. The molecule has 0 aliphatic heterocycles. The van der Waals surface area contributed by atoms with Gasteiger partial charge in [0.25, 0.3) is 5.56 Å². The summed E-state index contributed by atoms with van der Waals surface area (Å²) in [6.07, 6.45) is -4.84. The highest BCUT2D eigenvalue weighted by Crippen LogP contribution is 2.29. The van der Waals surface area contributed by atoms with Gasteiger partial charge in [-0.3, -0.25) is 9.36 Å². The second kappa shape index (κ2) is 5.76. The Morgan fingerprint density at radius 3 is 2.52 bits per heavy atom. The van der Waals surface area contributed by atoms with Crippen molar-refractivity contribution in [1.82, 2.24) is 19.4 Å². The Morgan fingerprint density at radius 2 is 1.88 bits per heavy atom. The number of ether oxygens (including phenoxy) is 1. The summed E-state index contributed by atoms with van der Waals surface area (Å²) in [6.45, 7) is 2.06. The monoisotopic (exact) mass is 356 g/mol. The van der Waals surface area contributed by atoms with E-state index in [9.17, 15) is 22.8 Å². The van der Waals surface area contributed by atoms with Crippen molar-refractivity contribution in [2.24, 2.45) is 7.05 Å². The highest BCUT2D eigenvalue weighted by molar-refractivity contribution is 5.87. The number of alkyl halides is 3. The molecule has 132 valence electrons. The first kappa shape index (κ1) is 16.7. The Labute approximate surface area is 137 Å². The normalized spacial score (nSPS) is 11.9. The molecule has 0 atom stereocenters. The van der Waals surface area contributed by atoms with Crippen LogP contribution in [0.25, 0.3) is 16.7 Å². The lowest BCUT2D eigenvalue weighted by Crippen LogP contribution is -2.40. The smallest absolute Gasteiger partial charge is 0.431 e. The second-order valence-electron chi connectivity index (χ2n) is 5.02. The van der Waals surface area contributed by atoms with Crippen molar-refractivity contribution >= 4 is 11.0 Å². The minimum Gasteiger partial charge on any atom is -0.491 e. The Bertz CT molecular complexity index is 1060. The number of benzene rings is 1. The molecule has 0 fully saturated rings. The van der Waals surface area contributed by atoms with E-state index in [4.69, 9.17) is 4.74 Å². The summed E-state index contributed by atoms with van der Waals surface area (Å²) >= 11 is 0. The van der Waals surface area contributed by atoms with E-state index in [1.807, 2.05) is 0 Å². The molecule has 0 N–H and O–H groups in total. The van der Waals surface area contributed by atoms with Gasteiger partial charge in [0.2, 0.25) is 0 Å². The molecule has 2 heterocycles. The number of aromatic nitrogens is 4. The van der Waals surface area contributed by atoms with Crippen LogP contribution in [0.15, 0.2) is 32.4 Å². The van der Waals surface area contributed by atoms with E-state index in [0.717, 1.165) is 7.05 Å². The van der Waals surface area contributed by atoms with Gasteiger partial charge in [0.1, 0.15) is 5.69 Å². The molecular formula is C14H11F3N4O4. The van der Waals surface area contributed by atoms with Crippen LogP contribution >= 0.6 is 0 Å². The van der Waals surface area contributed by atoms with Crippen LogP contribution in [0.2, 0.25) is 0 Å². The average Bonchev–Trinajstić information content (AvgIpc) is 3.02. The molecule has 0 bridgehead atoms.